The van der Waals surface area contributed by atoms with Gasteiger partial charge in [0.2, 0.25) is 5.95 Å². The first-order valence-corrected chi connectivity index (χ1v) is 7.06. The summed E-state index contributed by atoms with van der Waals surface area (Å²) in [6.07, 6.45) is 4.71. The van der Waals surface area contributed by atoms with Crippen molar-refractivity contribution in [3.8, 4) is 0 Å². The van der Waals surface area contributed by atoms with Gasteiger partial charge >= 0.3 is 0 Å². The molecule has 0 amide bonds. The molecule has 102 valence electrons. The summed E-state index contributed by atoms with van der Waals surface area (Å²) in [5.74, 6) is 1.54. The van der Waals surface area contributed by atoms with Crippen molar-refractivity contribution in [2.75, 3.05) is 37.0 Å². The molecule has 5 nitrogen and oxygen atoms in total. The Morgan fingerprint density at radius 2 is 2.17 bits per heavy atom. The van der Waals surface area contributed by atoms with E-state index in [0.717, 1.165) is 42.6 Å². The lowest BCUT2D eigenvalue weighted by Crippen LogP contribution is -2.21. The van der Waals surface area contributed by atoms with Crippen LogP contribution in [-0.2, 0) is 0 Å². The highest BCUT2D eigenvalue weighted by molar-refractivity contribution is 9.10. The fraction of sp³-hybridized carbons (Fsp3) is 0.667. The van der Waals surface area contributed by atoms with Crippen LogP contribution in [0.1, 0.15) is 26.2 Å². The lowest BCUT2D eigenvalue weighted by molar-refractivity contribution is 0.283. The van der Waals surface area contributed by atoms with Crippen molar-refractivity contribution in [1.82, 2.24) is 9.97 Å². The van der Waals surface area contributed by atoms with Gasteiger partial charge in [-0.3, -0.25) is 0 Å². The van der Waals surface area contributed by atoms with Gasteiger partial charge in [0.05, 0.1) is 4.47 Å². The Morgan fingerprint density at radius 3 is 2.83 bits per heavy atom. The van der Waals surface area contributed by atoms with Gasteiger partial charge in [0, 0.05) is 32.9 Å². The Morgan fingerprint density at radius 1 is 1.39 bits per heavy atom. The summed E-state index contributed by atoms with van der Waals surface area (Å²) >= 11 is 3.47. The smallest absolute Gasteiger partial charge is 0.224 e. The second-order valence-corrected chi connectivity index (χ2v) is 4.96. The van der Waals surface area contributed by atoms with Crippen LogP contribution in [-0.4, -0.2) is 41.8 Å². The highest BCUT2D eigenvalue weighted by Crippen LogP contribution is 2.23. The summed E-state index contributed by atoms with van der Waals surface area (Å²) in [5.41, 5.74) is 0. The molecule has 0 saturated carbocycles. The first-order chi connectivity index (χ1) is 8.69. The second kappa shape index (κ2) is 8.26. The van der Waals surface area contributed by atoms with Crippen LogP contribution in [0.5, 0.6) is 0 Å². The SMILES string of the molecule is CCNc1ncc(Br)c(N(C)CCCCCO)n1. The van der Waals surface area contributed by atoms with E-state index in [1.165, 1.54) is 0 Å². The molecular formula is C12H21BrN4O. The monoisotopic (exact) mass is 316 g/mol. The fourth-order valence-electron chi connectivity index (χ4n) is 1.61. The maximum atomic E-state index is 8.74. The number of hydrogen-bond donors (Lipinski definition) is 2. The molecule has 0 aliphatic carbocycles. The van der Waals surface area contributed by atoms with Crippen molar-refractivity contribution >= 4 is 27.7 Å². The van der Waals surface area contributed by atoms with Crippen LogP contribution in [0.25, 0.3) is 0 Å². The van der Waals surface area contributed by atoms with E-state index in [2.05, 4.69) is 36.1 Å². The normalized spacial score (nSPS) is 10.4. The minimum absolute atomic E-state index is 0.269. The van der Waals surface area contributed by atoms with Crippen LogP contribution in [0.4, 0.5) is 11.8 Å². The number of nitrogens with one attached hydrogen (secondary N) is 1. The second-order valence-electron chi connectivity index (χ2n) is 4.10. The Hall–Kier alpha value is -0.880. The fourth-order valence-corrected chi connectivity index (χ4v) is 2.11. The lowest BCUT2D eigenvalue weighted by Gasteiger charge is -2.19. The van der Waals surface area contributed by atoms with Crippen LogP contribution < -0.4 is 10.2 Å². The van der Waals surface area contributed by atoms with Crippen molar-refractivity contribution in [3.05, 3.63) is 10.7 Å². The molecule has 0 aromatic carbocycles. The van der Waals surface area contributed by atoms with Crippen LogP contribution in [0.15, 0.2) is 10.7 Å². The van der Waals surface area contributed by atoms with Crippen molar-refractivity contribution in [2.45, 2.75) is 26.2 Å². The Balaban J connectivity index is 2.59. The molecule has 0 unspecified atom stereocenters. The predicted octanol–water partition coefficient (Wildman–Crippen LogP) is 2.27. The van der Waals surface area contributed by atoms with Crippen LogP contribution in [0, 0.1) is 0 Å². The average molecular weight is 317 g/mol. The molecule has 1 rings (SSSR count). The molecule has 0 atom stereocenters. The van der Waals surface area contributed by atoms with Gasteiger partial charge < -0.3 is 15.3 Å². The lowest BCUT2D eigenvalue weighted by atomic mass is 10.2. The van der Waals surface area contributed by atoms with Gasteiger partial charge in [0.25, 0.3) is 0 Å². The highest BCUT2D eigenvalue weighted by Gasteiger charge is 2.09. The van der Waals surface area contributed by atoms with Crippen LogP contribution in [0.3, 0.4) is 0 Å². The Labute approximate surface area is 117 Å². The van der Waals surface area contributed by atoms with Crippen LogP contribution in [0.2, 0.25) is 0 Å². The van der Waals surface area contributed by atoms with E-state index in [1.807, 2.05) is 14.0 Å². The zero-order valence-electron chi connectivity index (χ0n) is 11.0. The third-order valence-corrected chi connectivity index (χ3v) is 3.13. The van der Waals surface area contributed by atoms with Gasteiger partial charge in [-0.25, -0.2) is 4.98 Å². The standard InChI is InChI=1S/C12H21BrN4O/c1-3-14-12-15-9-10(13)11(16-12)17(2)7-5-4-6-8-18/h9,18H,3-8H2,1-2H3,(H,14,15,16). The Kier molecular flexibility index (Phi) is 6.97. The molecule has 0 aliphatic rings. The quantitative estimate of drug-likeness (QED) is 0.720. The number of aliphatic hydroxyl groups excluding tert-OH is 1. The molecule has 1 aromatic heterocycles. The number of unbranched alkanes of at least 4 members (excludes halogenated alkanes) is 2. The summed E-state index contributed by atoms with van der Waals surface area (Å²) < 4.78 is 0.897. The van der Waals surface area contributed by atoms with Gasteiger partial charge in [0.1, 0.15) is 5.82 Å². The van der Waals surface area contributed by atoms with Crippen LogP contribution >= 0.6 is 15.9 Å². The third-order valence-electron chi connectivity index (χ3n) is 2.57. The summed E-state index contributed by atoms with van der Waals surface area (Å²) in [4.78, 5) is 10.8. The molecule has 6 heteroatoms. The average Bonchev–Trinajstić information content (AvgIpc) is 2.37. The molecule has 2 N–H and O–H groups in total. The summed E-state index contributed by atoms with van der Waals surface area (Å²) in [6.45, 7) is 4.01. The van der Waals surface area contributed by atoms with Gasteiger partial charge in [0.15, 0.2) is 0 Å². The minimum Gasteiger partial charge on any atom is -0.396 e. The third kappa shape index (κ3) is 4.78. The van der Waals surface area contributed by atoms with E-state index < -0.39 is 0 Å². The van der Waals surface area contributed by atoms with Gasteiger partial charge in [-0.1, -0.05) is 0 Å². The number of aliphatic hydroxyl groups is 1. The van der Waals surface area contributed by atoms with E-state index in [0.29, 0.717) is 5.95 Å². The van der Waals surface area contributed by atoms with Crippen molar-refractivity contribution in [1.29, 1.82) is 0 Å². The zero-order valence-corrected chi connectivity index (χ0v) is 12.6. The molecule has 18 heavy (non-hydrogen) atoms. The molecule has 1 aromatic rings. The molecule has 0 aliphatic heterocycles. The maximum absolute atomic E-state index is 8.74. The number of halogens is 1. The first kappa shape index (κ1) is 15.2. The molecule has 0 radical (unpaired) electrons. The summed E-state index contributed by atoms with van der Waals surface area (Å²) in [5, 5.41) is 11.8. The van der Waals surface area contributed by atoms with E-state index in [9.17, 15) is 0 Å². The van der Waals surface area contributed by atoms with Gasteiger partial charge in [-0.15, -0.1) is 0 Å². The first-order valence-electron chi connectivity index (χ1n) is 6.27. The molecule has 1 heterocycles. The number of rotatable bonds is 8. The van der Waals surface area contributed by atoms with Crippen molar-refractivity contribution in [2.24, 2.45) is 0 Å². The summed E-state index contributed by atoms with van der Waals surface area (Å²) in [6, 6.07) is 0. The predicted molar refractivity (Wildman–Crippen MR) is 78.1 cm³/mol. The molecule has 0 saturated heterocycles. The van der Waals surface area contributed by atoms with Gasteiger partial charge in [-0.2, -0.15) is 4.98 Å². The molecule has 0 spiro atoms. The van der Waals surface area contributed by atoms with E-state index in [-0.39, 0.29) is 6.61 Å². The minimum atomic E-state index is 0.269. The van der Waals surface area contributed by atoms with Crippen molar-refractivity contribution < 1.29 is 5.11 Å². The number of nitrogens with zero attached hydrogens (tertiary/aromatic N) is 3. The summed E-state index contributed by atoms with van der Waals surface area (Å²) in [7, 11) is 2.02. The Bertz CT molecular complexity index is 362. The largest absolute Gasteiger partial charge is 0.396 e. The topological polar surface area (TPSA) is 61.3 Å². The number of hydrogen-bond acceptors (Lipinski definition) is 5. The number of aromatic nitrogens is 2. The zero-order chi connectivity index (χ0) is 13.4. The van der Waals surface area contributed by atoms with E-state index >= 15 is 0 Å². The van der Waals surface area contributed by atoms with Crippen molar-refractivity contribution in [3.63, 3.8) is 0 Å². The number of anilines is 2. The maximum Gasteiger partial charge on any atom is 0.224 e. The molecule has 0 fully saturated rings. The van der Waals surface area contributed by atoms with E-state index in [4.69, 9.17) is 5.11 Å². The molecular weight excluding hydrogens is 296 g/mol. The van der Waals surface area contributed by atoms with Gasteiger partial charge in [-0.05, 0) is 42.1 Å². The van der Waals surface area contributed by atoms with E-state index in [1.54, 1.807) is 6.20 Å². The molecule has 0 bridgehead atoms. The highest BCUT2D eigenvalue weighted by atomic mass is 79.9.